The number of phenols is 1. The molecule has 1 N–H and O–H groups in total. The number of fused-ring (bicyclic) bond motifs is 3. The van der Waals surface area contributed by atoms with E-state index in [9.17, 15) is 5.11 Å². The van der Waals surface area contributed by atoms with Gasteiger partial charge in [-0.2, -0.15) is 0 Å². The van der Waals surface area contributed by atoms with Crippen LogP contribution in [0.15, 0.2) is 23.8 Å². The minimum Gasteiger partial charge on any atom is -0.508 e. The van der Waals surface area contributed by atoms with Gasteiger partial charge in [-0.05, 0) is 55.9 Å². The van der Waals surface area contributed by atoms with E-state index in [2.05, 4.69) is 39.8 Å². The van der Waals surface area contributed by atoms with Crippen molar-refractivity contribution in [2.75, 3.05) is 0 Å². The van der Waals surface area contributed by atoms with Gasteiger partial charge in [0.15, 0.2) is 0 Å². The monoisotopic (exact) mass is 328 g/mol. The van der Waals surface area contributed by atoms with Crippen molar-refractivity contribution in [1.29, 1.82) is 0 Å². The summed E-state index contributed by atoms with van der Waals surface area (Å²) in [7, 11) is 0. The van der Waals surface area contributed by atoms with E-state index in [-0.39, 0.29) is 11.5 Å². The average Bonchev–Trinajstić information content (AvgIpc) is 2.99. The van der Waals surface area contributed by atoms with E-state index in [1.807, 2.05) is 6.07 Å². The standard InChI is InChI=1S/C22H32O2/c1-5-6-7-8-9-10-17-12-19(23)21-18-11-16(4)14-22(18,15(2)3)24-20(21)13-17/h12-15,18,23H,5-11H2,1-4H3. The number of aromatic hydroxyl groups is 1. The maximum Gasteiger partial charge on any atom is 0.137 e. The summed E-state index contributed by atoms with van der Waals surface area (Å²) in [6, 6.07) is 4.16. The molecule has 1 aliphatic carbocycles. The second-order valence-corrected chi connectivity index (χ2v) is 8.05. The molecule has 0 aromatic heterocycles. The Morgan fingerprint density at radius 1 is 1.21 bits per heavy atom. The number of ether oxygens (including phenoxy) is 1. The van der Waals surface area contributed by atoms with Crippen molar-refractivity contribution in [3.63, 3.8) is 0 Å². The van der Waals surface area contributed by atoms with Gasteiger partial charge >= 0.3 is 0 Å². The first kappa shape index (κ1) is 17.4. The molecular weight excluding hydrogens is 296 g/mol. The van der Waals surface area contributed by atoms with Crippen LogP contribution in [0.4, 0.5) is 0 Å². The lowest BCUT2D eigenvalue weighted by molar-refractivity contribution is 0.0787. The predicted molar refractivity (Wildman–Crippen MR) is 99.9 cm³/mol. The van der Waals surface area contributed by atoms with Crippen molar-refractivity contribution >= 4 is 0 Å². The second kappa shape index (κ2) is 6.82. The molecule has 0 saturated carbocycles. The number of phenolic OH excluding ortho intramolecular Hbond substituents is 1. The van der Waals surface area contributed by atoms with Crippen LogP contribution in [0.2, 0.25) is 0 Å². The Morgan fingerprint density at radius 2 is 1.96 bits per heavy atom. The minimum absolute atomic E-state index is 0.260. The zero-order valence-corrected chi connectivity index (χ0v) is 15.7. The van der Waals surface area contributed by atoms with Gasteiger partial charge in [0.1, 0.15) is 17.1 Å². The minimum atomic E-state index is -0.260. The van der Waals surface area contributed by atoms with E-state index >= 15 is 0 Å². The molecule has 24 heavy (non-hydrogen) atoms. The molecule has 2 heteroatoms. The Balaban J connectivity index is 1.78. The van der Waals surface area contributed by atoms with Crippen LogP contribution in [-0.2, 0) is 6.42 Å². The fourth-order valence-corrected chi connectivity index (χ4v) is 4.51. The molecule has 3 rings (SSSR count). The first-order valence-electron chi connectivity index (χ1n) is 9.71. The Kier molecular flexibility index (Phi) is 4.94. The van der Waals surface area contributed by atoms with Crippen LogP contribution in [0.25, 0.3) is 0 Å². The summed E-state index contributed by atoms with van der Waals surface area (Å²) in [5.74, 6) is 2.02. The molecule has 2 aliphatic rings. The highest BCUT2D eigenvalue weighted by molar-refractivity contribution is 5.57. The third kappa shape index (κ3) is 2.96. The summed E-state index contributed by atoms with van der Waals surface area (Å²) >= 11 is 0. The topological polar surface area (TPSA) is 29.5 Å². The number of hydrogen-bond donors (Lipinski definition) is 1. The third-order valence-corrected chi connectivity index (χ3v) is 5.83. The van der Waals surface area contributed by atoms with Crippen LogP contribution in [0.1, 0.15) is 83.3 Å². The predicted octanol–water partition coefficient (Wildman–Crippen LogP) is 6.13. The lowest BCUT2D eigenvalue weighted by Gasteiger charge is -2.31. The molecule has 0 spiro atoms. The quantitative estimate of drug-likeness (QED) is 0.482. The van der Waals surface area contributed by atoms with Crippen molar-refractivity contribution in [2.24, 2.45) is 5.92 Å². The number of aryl methyl sites for hydroxylation is 1. The van der Waals surface area contributed by atoms with Crippen molar-refractivity contribution in [2.45, 2.75) is 84.2 Å². The van der Waals surface area contributed by atoms with E-state index in [1.54, 1.807) is 0 Å². The fraction of sp³-hybridized carbons (Fsp3) is 0.636. The molecule has 0 saturated heterocycles. The van der Waals surface area contributed by atoms with Gasteiger partial charge in [0.25, 0.3) is 0 Å². The smallest absolute Gasteiger partial charge is 0.137 e. The summed E-state index contributed by atoms with van der Waals surface area (Å²) in [4.78, 5) is 0. The van der Waals surface area contributed by atoms with Gasteiger partial charge in [-0.25, -0.2) is 0 Å². The molecule has 2 nitrogen and oxygen atoms in total. The lowest BCUT2D eigenvalue weighted by atomic mass is 9.79. The summed E-state index contributed by atoms with van der Waals surface area (Å²) in [5, 5.41) is 10.7. The number of hydrogen-bond acceptors (Lipinski definition) is 2. The molecule has 0 amide bonds. The summed E-state index contributed by atoms with van der Waals surface area (Å²) in [6.45, 7) is 8.86. The molecule has 0 radical (unpaired) electrons. The molecular formula is C22H32O2. The number of allylic oxidation sites excluding steroid dienone is 1. The Morgan fingerprint density at radius 3 is 2.67 bits per heavy atom. The third-order valence-electron chi connectivity index (χ3n) is 5.83. The second-order valence-electron chi connectivity index (χ2n) is 8.05. The molecule has 1 aromatic carbocycles. The van der Waals surface area contributed by atoms with E-state index in [1.165, 1.54) is 43.2 Å². The highest BCUT2D eigenvalue weighted by atomic mass is 16.5. The zero-order valence-electron chi connectivity index (χ0n) is 15.7. The van der Waals surface area contributed by atoms with E-state index < -0.39 is 0 Å². The number of benzene rings is 1. The maximum absolute atomic E-state index is 10.7. The largest absolute Gasteiger partial charge is 0.508 e. The highest BCUT2D eigenvalue weighted by Gasteiger charge is 2.53. The molecule has 132 valence electrons. The summed E-state index contributed by atoms with van der Waals surface area (Å²) in [6.07, 6.45) is 10.7. The van der Waals surface area contributed by atoms with Gasteiger partial charge in [0.2, 0.25) is 0 Å². The van der Waals surface area contributed by atoms with Crippen molar-refractivity contribution in [3.8, 4) is 11.5 Å². The van der Waals surface area contributed by atoms with E-state index in [4.69, 9.17) is 4.74 Å². The lowest BCUT2D eigenvalue weighted by Crippen LogP contribution is -2.38. The molecule has 1 aromatic rings. The van der Waals surface area contributed by atoms with Crippen LogP contribution >= 0.6 is 0 Å². The first-order chi connectivity index (χ1) is 11.5. The van der Waals surface area contributed by atoms with E-state index in [0.717, 1.165) is 24.2 Å². The van der Waals surface area contributed by atoms with Gasteiger partial charge in [0, 0.05) is 11.5 Å². The van der Waals surface area contributed by atoms with Crippen LogP contribution in [-0.4, -0.2) is 10.7 Å². The first-order valence-corrected chi connectivity index (χ1v) is 9.71. The van der Waals surface area contributed by atoms with Crippen LogP contribution in [0.5, 0.6) is 11.5 Å². The van der Waals surface area contributed by atoms with Crippen LogP contribution in [0, 0.1) is 5.92 Å². The number of unbranched alkanes of at least 4 members (excludes halogenated alkanes) is 4. The maximum atomic E-state index is 10.7. The Bertz CT molecular complexity index is 629. The molecule has 2 unspecified atom stereocenters. The van der Waals surface area contributed by atoms with Crippen molar-refractivity contribution < 1.29 is 9.84 Å². The Labute approximate surface area is 146 Å². The van der Waals surface area contributed by atoms with E-state index in [0.29, 0.717) is 11.7 Å². The van der Waals surface area contributed by atoms with Crippen molar-refractivity contribution in [1.82, 2.24) is 0 Å². The zero-order chi connectivity index (χ0) is 17.3. The summed E-state index contributed by atoms with van der Waals surface area (Å²) < 4.78 is 6.48. The molecule has 2 atom stereocenters. The average molecular weight is 328 g/mol. The molecule has 1 heterocycles. The molecule has 0 fully saturated rings. The fourth-order valence-electron chi connectivity index (χ4n) is 4.51. The van der Waals surface area contributed by atoms with Gasteiger partial charge < -0.3 is 9.84 Å². The normalized spacial score (nSPS) is 24.7. The van der Waals surface area contributed by atoms with Gasteiger partial charge in [-0.1, -0.05) is 52.0 Å². The molecule has 0 bridgehead atoms. The van der Waals surface area contributed by atoms with Gasteiger partial charge in [0.05, 0.1) is 0 Å². The summed E-state index contributed by atoms with van der Waals surface area (Å²) in [5.41, 5.74) is 3.36. The van der Waals surface area contributed by atoms with Gasteiger partial charge in [-0.15, -0.1) is 0 Å². The Hall–Kier alpha value is -1.44. The van der Waals surface area contributed by atoms with Crippen LogP contribution < -0.4 is 4.74 Å². The molecule has 1 aliphatic heterocycles. The number of rotatable bonds is 7. The SMILES string of the molecule is CCCCCCCc1cc(O)c2c(c1)OC1(C(C)C)C=C(C)CC21. The van der Waals surface area contributed by atoms with Gasteiger partial charge in [-0.3, -0.25) is 0 Å². The van der Waals surface area contributed by atoms with Crippen molar-refractivity contribution in [3.05, 3.63) is 34.9 Å². The highest BCUT2D eigenvalue weighted by Crippen LogP contribution is 2.58. The van der Waals surface area contributed by atoms with Crippen LogP contribution in [0.3, 0.4) is 0 Å².